The molecule has 0 aliphatic rings. The Labute approximate surface area is 399 Å². The molecule has 402 valence electrons. The van der Waals surface area contributed by atoms with Crippen molar-refractivity contribution in [1.29, 1.82) is 0 Å². The lowest BCUT2D eigenvalue weighted by Gasteiger charge is -2.55. The van der Waals surface area contributed by atoms with Gasteiger partial charge in [-0.15, -0.1) is 0 Å². The Hall–Kier alpha value is -4.26. The summed E-state index contributed by atoms with van der Waals surface area (Å²) in [5, 5.41) is 0. The van der Waals surface area contributed by atoms with Crippen LogP contribution in [0.25, 0.3) is 0 Å². The fourth-order valence-corrected chi connectivity index (χ4v) is 8.01. The second-order valence-electron chi connectivity index (χ2n) is 16.9. The number of unbranched alkanes of at least 4 members (excludes halogenated alkanes) is 6. The Morgan fingerprint density at radius 1 is 0.451 bits per heavy atom. The van der Waals surface area contributed by atoms with E-state index in [1.54, 1.807) is 6.92 Å². The Kier molecular flexibility index (Phi) is 20.8. The Bertz CT molecular complexity index is 2000. The number of hydrogen-bond acceptors (Lipinski definition) is 5. The molecule has 0 N–H and O–H groups in total. The molecule has 3 rings (SSSR count). The average molecular weight is 1050 g/mol. The van der Waals surface area contributed by atoms with Crippen molar-refractivity contribution in [2.75, 3.05) is 26.3 Å². The van der Waals surface area contributed by atoms with E-state index in [1.165, 1.54) is 13.8 Å². The van der Waals surface area contributed by atoms with Crippen molar-refractivity contribution in [2.24, 2.45) is 0 Å². The van der Waals surface area contributed by atoms with E-state index in [4.69, 9.17) is 23.4 Å². The van der Waals surface area contributed by atoms with Crippen LogP contribution in [-0.4, -0.2) is 44.3 Å². The van der Waals surface area contributed by atoms with E-state index in [-0.39, 0.29) is 75.4 Å². The zero-order valence-electron chi connectivity index (χ0n) is 39.5. The number of nitrogens with zero attached hydrogens (tertiary/aromatic N) is 1. The molecule has 0 radical (unpaired) electrons. The van der Waals surface area contributed by atoms with E-state index in [2.05, 4.69) is 0 Å². The van der Waals surface area contributed by atoms with E-state index < -0.39 is 136 Å². The van der Waals surface area contributed by atoms with E-state index in [0.29, 0.717) is 44.9 Å². The lowest BCUT2D eigenvalue weighted by atomic mass is 9.88. The quantitative estimate of drug-likeness (QED) is 0.0278. The van der Waals surface area contributed by atoms with Gasteiger partial charge in [-0.2, -0.15) is 79.0 Å². The smallest absolute Gasteiger partial charge is 0.490 e. The highest BCUT2D eigenvalue weighted by molar-refractivity contribution is 6.39. The third-order valence-corrected chi connectivity index (χ3v) is 11.5. The molecule has 0 bridgehead atoms. The first-order chi connectivity index (χ1) is 32.6. The van der Waals surface area contributed by atoms with Gasteiger partial charge in [0.15, 0.2) is 6.23 Å². The third-order valence-electron chi connectivity index (χ3n) is 11.5. The number of benzene rings is 3. The molecule has 0 heterocycles. The lowest BCUT2D eigenvalue weighted by Crippen LogP contribution is -2.68. The van der Waals surface area contributed by atoms with Crippen LogP contribution in [0.5, 0.6) is 17.2 Å². The van der Waals surface area contributed by atoms with Crippen LogP contribution in [0.1, 0.15) is 145 Å². The summed E-state index contributed by atoms with van der Waals surface area (Å²) in [6.07, 6.45) is -30.8. The maximum atomic E-state index is 15.8. The van der Waals surface area contributed by atoms with Gasteiger partial charge in [0.25, 0.3) is 0 Å². The molecule has 0 saturated carbocycles. The fourth-order valence-electron chi connectivity index (χ4n) is 8.01. The molecule has 0 saturated heterocycles. The minimum absolute atomic E-state index is 0.00496. The molecule has 0 aromatic heterocycles. The van der Waals surface area contributed by atoms with Gasteiger partial charge in [-0.05, 0) is 87.1 Å². The van der Waals surface area contributed by atoms with E-state index in [1.807, 2.05) is 13.8 Å². The topological polar surface area (TPSA) is 46.2 Å². The predicted octanol–water partition coefficient (Wildman–Crippen LogP) is 16.7. The third kappa shape index (κ3) is 16.4. The van der Waals surface area contributed by atoms with Crippen molar-refractivity contribution in [1.82, 2.24) is 0 Å². The summed E-state index contributed by atoms with van der Waals surface area (Å²) in [6, 6.07) is -1.82. The predicted molar refractivity (Wildman–Crippen MR) is 225 cm³/mol. The molecule has 2 unspecified atom stereocenters. The van der Waals surface area contributed by atoms with Crippen LogP contribution in [0, 0.1) is 0 Å². The standard InChI is InChI=1S/C46H55BF18NO5/c1-7-11-13-15-17-66(18-16-14-12-8-2,29(5)67-19-9-3)40(6,68-20-10-4)39-37(46(63,64)65)27-34(45(60,61)62)28-38(39)71-47(69-35-23-30(41(48,49)50)21-31(24-35)42(51,52)53)70-36-25-32(43(54,55)56)22-33(26-36)44(57,58)59/h21-29H,7-20H2,1-6H3/q+1. The average Bonchev–Trinajstić information content (AvgIpc) is 3.24. The number of rotatable bonds is 25. The Morgan fingerprint density at radius 3 is 1.17 bits per heavy atom. The SMILES string of the molecule is CCCCCC[N+](CCCCCC)(C(C)OCCC)C(C)(OCCC)c1c(OB(Oc2cc(C(F)(F)F)cc(C(F)(F)F)c2)Oc2cc(C(F)(F)F)cc(C(F)(F)F)c2)cc(C(F)(F)F)cc1C(F)(F)F. The van der Waals surface area contributed by atoms with Crippen LogP contribution in [-0.2, 0) is 52.3 Å². The number of halogens is 18. The second kappa shape index (κ2) is 24.2. The summed E-state index contributed by atoms with van der Waals surface area (Å²) in [5.41, 5.74) is -16.6. The highest BCUT2D eigenvalue weighted by atomic mass is 19.4. The Balaban J connectivity index is 2.70. The molecule has 0 spiro atoms. The van der Waals surface area contributed by atoms with Crippen LogP contribution in [0.4, 0.5) is 79.0 Å². The minimum Gasteiger partial charge on any atom is -0.490 e. The number of quaternary nitrogens is 1. The second-order valence-corrected chi connectivity index (χ2v) is 16.9. The summed E-state index contributed by atoms with van der Waals surface area (Å²) in [5.74, 6) is -4.84. The lowest BCUT2D eigenvalue weighted by molar-refractivity contribution is -1.04. The summed E-state index contributed by atoms with van der Waals surface area (Å²) >= 11 is 0. The number of alkyl halides is 18. The van der Waals surface area contributed by atoms with Gasteiger partial charge in [0.1, 0.15) is 17.2 Å². The fraction of sp³-hybridized carbons (Fsp3) is 0.609. The molecule has 0 fully saturated rings. The number of hydrogen-bond donors (Lipinski definition) is 0. The number of ether oxygens (including phenoxy) is 2. The zero-order valence-corrected chi connectivity index (χ0v) is 39.5. The van der Waals surface area contributed by atoms with E-state index in [9.17, 15) is 65.9 Å². The van der Waals surface area contributed by atoms with Gasteiger partial charge in [0.05, 0.1) is 65.2 Å². The van der Waals surface area contributed by atoms with Crippen molar-refractivity contribution >= 4 is 7.32 Å². The first-order valence-electron chi connectivity index (χ1n) is 22.6. The largest absolute Gasteiger partial charge is 0.864 e. The molecule has 0 aliphatic heterocycles. The summed E-state index contributed by atoms with van der Waals surface area (Å²) < 4.78 is 289. The molecule has 3 aromatic carbocycles. The van der Waals surface area contributed by atoms with Crippen molar-refractivity contribution in [2.45, 2.75) is 155 Å². The first-order valence-corrected chi connectivity index (χ1v) is 22.6. The maximum absolute atomic E-state index is 15.8. The summed E-state index contributed by atoms with van der Waals surface area (Å²) in [6.45, 7) is 8.94. The van der Waals surface area contributed by atoms with Gasteiger partial charge in [-0.3, -0.25) is 4.48 Å². The van der Waals surface area contributed by atoms with Crippen molar-refractivity contribution < 1.29 is 107 Å². The molecule has 0 amide bonds. The highest BCUT2D eigenvalue weighted by Gasteiger charge is 2.59. The van der Waals surface area contributed by atoms with Gasteiger partial charge in [0, 0.05) is 13.8 Å². The summed E-state index contributed by atoms with van der Waals surface area (Å²) in [4.78, 5) is 0. The monoisotopic (exact) mass is 1050 g/mol. The van der Waals surface area contributed by atoms with Gasteiger partial charge < -0.3 is 23.4 Å². The van der Waals surface area contributed by atoms with Gasteiger partial charge in [-0.1, -0.05) is 53.4 Å². The maximum Gasteiger partial charge on any atom is 0.864 e. The normalized spacial score (nSPS) is 14.6. The van der Waals surface area contributed by atoms with E-state index >= 15 is 13.2 Å². The molecular formula is C46H55BF18NO5+. The van der Waals surface area contributed by atoms with Crippen LogP contribution >= 0.6 is 0 Å². The first kappa shape index (κ1) is 61.0. The van der Waals surface area contributed by atoms with E-state index in [0.717, 1.165) is 6.92 Å². The van der Waals surface area contributed by atoms with Gasteiger partial charge in [0.2, 0.25) is 5.72 Å². The molecule has 2 atom stereocenters. The van der Waals surface area contributed by atoms with Crippen LogP contribution in [0.2, 0.25) is 0 Å². The molecular weight excluding hydrogens is 999 g/mol. The highest BCUT2D eigenvalue weighted by Crippen LogP contribution is 2.52. The minimum atomic E-state index is -5.80. The van der Waals surface area contributed by atoms with Crippen LogP contribution in [0.15, 0.2) is 48.5 Å². The van der Waals surface area contributed by atoms with Crippen molar-refractivity contribution in [3.05, 3.63) is 87.5 Å². The molecule has 3 aromatic rings. The van der Waals surface area contributed by atoms with Crippen LogP contribution in [0.3, 0.4) is 0 Å². The van der Waals surface area contributed by atoms with Gasteiger partial charge in [-0.25, -0.2) is 0 Å². The van der Waals surface area contributed by atoms with Gasteiger partial charge >= 0.3 is 44.4 Å². The molecule has 6 nitrogen and oxygen atoms in total. The molecule has 71 heavy (non-hydrogen) atoms. The van der Waals surface area contributed by atoms with Crippen molar-refractivity contribution in [3.63, 3.8) is 0 Å². The Morgan fingerprint density at radius 2 is 0.831 bits per heavy atom. The molecule has 0 aliphatic carbocycles. The van der Waals surface area contributed by atoms with Crippen LogP contribution < -0.4 is 14.0 Å². The summed E-state index contributed by atoms with van der Waals surface area (Å²) in [7, 11) is -3.38. The zero-order chi connectivity index (χ0) is 54.0. The van der Waals surface area contributed by atoms with Crippen molar-refractivity contribution in [3.8, 4) is 17.2 Å². The molecule has 25 heteroatoms.